The van der Waals surface area contributed by atoms with E-state index in [2.05, 4.69) is 10.6 Å². The average Bonchev–Trinajstić information content (AvgIpc) is 2.93. The average molecular weight is 603 g/mol. The second-order valence-electron chi connectivity index (χ2n) is 9.62. The number of amides is 1. The number of alkyl halides is 6. The zero-order chi connectivity index (χ0) is 31.7. The normalized spacial score (nSPS) is 12.1. The van der Waals surface area contributed by atoms with Crippen LogP contribution in [0.3, 0.4) is 0 Å². The van der Waals surface area contributed by atoms with Crippen LogP contribution in [0.25, 0.3) is 11.1 Å². The van der Waals surface area contributed by atoms with Crippen molar-refractivity contribution in [3.63, 3.8) is 0 Å². The molecule has 0 aliphatic heterocycles. The Morgan fingerprint density at radius 2 is 1.05 bits per heavy atom. The summed E-state index contributed by atoms with van der Waals surface area (Å²) in [5, 5.41) is 25.7. The molecule has 4 rings (SSSR count). The number of nitrogens with one attached hydrogen (secondary N) is 2. The first-order chi connectivity index (χ1) is 20.1. The maximum atomic E-state index is 14.4. The van der Waals surface area contributed by atoms with Crippen molar-refractivity contribution in [1.29, 1.82) is 0 Å². The predicted molar refractivity (Wildman–Crippen MR) is 148 cm³/mol. The molecular weight excluding hydrogens is 578 g/mol. The largest absolute Gasteiger partial charge is 0.506 e. The van der Waals surface area contributed by atoms with E-state index in [9.17, 15) is 46.1 Å². The highest BCUT2D eigenvalue weighted by molar-refractivity contribution is 6.05. The van der Waals surface area contributed by atoms with Crippen LogP contribution in [0.1, 0.15) is 38.8 Å². The molecule has 43 heavy (non-hydrogen) atoms. The van der Waals surface area contributed by atoms with Crippen LogP contribution in [0.5, 0.6) is 11.5 Å². The minimum absolute atomic E-state index is 0.0338. The van der Waals surface area contributed by atoms with E-state index in [0.717, 1.165) is 31.2 Å². The summed E-state index contributed by atoms with van der Waals surface area (Å²) in [6.07, 6.45) is -11.7. The lowest BCUT2D eigenvalue weighted by atomic mass is 9.72. The van der Waals surface area contributed by atoms with Gasteiger partial charge in [-0.25, -0.2) is 0 Å². The Morgan fingerprint density at radius 1 is 0.628 bits per heavy atom. The molecular formula is C31H24F6N2O4. The summed E-state index contributed by atoms with van der Waals surface area (Å²) >= 11 is 0. The number of rotatable bonds is 7. The van der Waals surface area contributed by atoms with Gasteiger partial charge >= 0.3 is 12.4 Å². The zero-order valence-corrected chi connectivity index (χ0v) is 22.6. The Morgan fingerprint density at radius 3 is 1.42 bits per heavy atom. The van der Waals surface area contributed by atoms with Crippen LogP contribution in [0.15, 0.2) is 84.9 Å². The van der Waals surface area contributed by atoms with Gasteiger partial charge in [0.2, 0.25) is 5.41 Å². The lowest BCUT2D eigenvalue weighted by Gasteiger charge is -2.38. The molecule has 0 bridgehead atoms. The molecule has 0 saturated carbocycles. The van der Waals surface area contributed by atoms with E-state index in [4.69, 9.17) is 0 Å². The maximum absolute atomic E-state index is 14.4. The highest BCUT2D eigenvalue weighted by Gasteiger charge is 2.72. The third-order valence-corrected chi connectivity index (χ3v) is 7.00. The smallest absolute Gasteiger partial charge is 0.411 e. The molecule has 1 amide bonds. The highest BCUT2D eigenvalue weighted by Crippen LogP contribution is 2.56. The number of phenolic OH excluding ortho intramolecular Hbond substituents is 2. The number of phenols is 2. The number of aromatic hydroxyl groups is 2. The fourth-order valence-electron chi connectivity index (χ4n) is 4.74. The number of ketones is 1. The number of carbonyl (C=O) groups is 2. The first-order valence-corrected chi connectivity index (χ1v) is 12.6. The number of carbonyl (C=O) groups excluding carboxylic acids is 2. The number of Topliss-reactive ketones (excluding diaryl/α,β-unsaturated/α-hetero) is 1. The van der Waals surface area contributed by atoms with Crippen molar-refractivity contribution >= 4 is 23.1 Å². The van der Waals surface area contributed by atoms with Crippen molar-refractivity contribution in [2.24, 2.45) is 0 Å². The van der Waals surface area contributed by atoms with E-state index < -0.39 is 40.6 Å². The van der Waals surface area contributed by atoms with E-state index in [1.807, 2.05) is 0 Å². The van der Waals surface area contributed by atoms with Gasteiger partial charge in [0.1, 0.15) is 11.5 Å². The Labute approximate surface area is 241 Å². The van der Waals surface area contributed by atoms with Crippen LogP contribution in [-0.4, -0.2) is 41.3 Å². The van der Waals surface area contributed by atoms with Crippen LogP contribution in [-0.2, 0) is 5.41 Å². The summed E-state index contributed by atoms with van der Waals surface area (Å²) in [5.74, 6) is -1.84. The van der Waals surface area contributed by atoms with Crippen molar-refractivity contribution in [3.8, 4) is 22.6 Å². The summed E-state index contributed by atoms with van der Waals surface area (Å²) in [4.78, 5) is 24.4. The maximum Gasteiger partial charge on any atom is 0.411 e. The van der Waals surface area contributed by atoms with Gasteiger partial charge in [0.25, 0.3) is 5.91 Å². The molecule has 224 valence electrons. The second kappa shape index (κ2) is 11.3. The predicted octanol–water partition coefficient (Wildman–Crippen LogP) is 7.67. The standard InChI is InChI=1S/C31H24F6N2O4/c1-17(40)18-3-9-22(10-4-18)29(30(32,33)34,31(35,36)37)23-11-5-19(6-12-23)28(43)39-25-14-8-21(16-27(25)42)20-7-13-24(38-2)26(41)15-20/h3-16,38,41-42H,1-2H3,(H,39,43). The van der Waals surface area contributed by atoms with Gasteiger partial charge in [0.05, 0.1) is 11.4 Å². The van der Waals surface area contributed by atoms with Crippen LogP contribution >= 0.6 is 0 Å². The van der Waals surface area contributed by atoms with Gasteiger partial charge in [-0.1, -0.05) is 48.5 Å². The first-order valence-electron chi connectivity index (χ1n) is 12.6. The van der Waals surface area contributed by atoms with Gasteiger partial charge in [0.15, 0.2) is 5.78 Å². The highest BCUT2D eigenvalue weighted by atomic mass is 19.4. The number of hydrogen-bond donors (Lipinski definition) is 4. The topological polar surface area (TPSA) is 98.7 Å². The van der Waals surface area contributed by atoms with Gasteiger partial charge in [-0.15, -0.1) is 0 Å². The lowest BCUT2D eigenvalue weighted by molar-refractivity contribution is -0.288. The van der Waals surface area contributed by atoms with Gasteiger partial charge < -0.3 is 20.8 Å². The molecule has 0 saturated heterocycles. The summed E-state index contributed by atoms with van der Waals surface area (Å²) in [6.45, 7) is 1.13. The Balaban J connectivity index is 1.65. The number of benzene rings is 4. The summed E-state index contributed by atoms with van der Waals surface area (Å²) in [5.41, 5.74) is -5.65. The van der Waals surface area contributed by atoms with E-state index in [0.29, 0.717) is 41.1 Å². The Hall–Kier alpha value is -5.00. The van der Waals surface area contributed by atoms with Crippen LogP contribution in [0.2, 0.25) is 0 Å². The minimum Gasteiger partial charge on any atom is -0.506 e. The van der Waals surface area contributed by atoms with Crippen molar-refractivity contribution in [3.05, 3.63) is 107 Å². The van der Waals surface area contributed by atoms with Gasteiger partial charge in [0, 0.05) is 18.2 Å². The van der Waals surface area contributed by atoms with E-state index in [-0.39, 0.29) is 28.3 Å². The molecule has 0 aliphatic carbocycles. The Bertz CT molecular complexity index is 1650. The number of anilines is 2. The molecule has 0 fully saturated rings. The molecule has 4 aromatic carbocycles. The number of halogens is 6. The molecule has 12 heteroatoms. The van der Waals surface area contributed by atoms with Crippen LogP contribution < -0.4 is 10.6 Å². The third kappa shape index (κ3) is 5.72. The molecule has 0 unspecified atom stereocenters. The second-order valence-corrected chi connectivity index (χ2v) is 9.62. The first kappa shape index (κ1) is 30.9. The van der Waals surface area contributed by atoms with Crippen LogP contribution in [0, 0.1) is 0 Å². The quantitative estimate of drug-likeness (QED) is 0.0989. The molecule has 0 aliphatic rings. The van der Waals surface area contributed by atoms with Gasteiger partial charge in [-0.3, -0.25) is 9.59 Å². The molecule has 6 nitrogen and oxygen atoms in total. The SMILES string of the molecule is CNc1ccc(-c2ccc(NC(=O)c3ccc(C(c4ccc(C(C)=O)cc4)(C(F)(F)F)C(F)(F)F)cc3)c(O)c2)cc1O. The molecule has 0 atom stereocenters. The monoisotopic (exact) mass is 602 g/mol. The summed E-state index contributed by atoms with van der Waals surface area (Å²) < 4.78 is 86.4. The van der Waals surface area contributed by atoms with Gasteiger partial charge in [-0.2, -0.15) is 26.3 Å². The minimum atomic E-state index is -5.84. The zero-order valence-electron chi connectivity index (χ0n) is 22.6. The molecule has 0 radical (unpaired) electrons. The third-order valence-electron chi connectivity index (χ3n) is 7.00. The van der Waals surface area contributed by atoms with Crippen molar-refractivity contribution in [2.45, 2.75) is 24.7 Å². The van der Waals surface area contributed by atoms with Crippen molar-refractivity contribution in [1.82, 2.24) is 0 Å². The molecule has 4 aromatic rings. The Kier molecular flexibility index (Phi) is 8.17. The van der Waals surface area contributed by atoms with E-state index >= 15 is 0 Å². The van der Waals surface area contributed by atoms with Crippen molar-refractivity contribution < 1.29 is 46.1 Å². The lowest BCUT2D eigenvalue weighted by Crippen LogP contribution is -2.54. The summed E-state index contributed by atoms with van der Waals surface area (Å²) in [7, 11) is 1.63. The molecule has 0 spiro atoms. The van der Waals surface area contributed by atoms with Gasteiger partial charge in [-0.05, 0) is 65.6 Å². The van der Waals surface area contributed by atoms with Crippen molar-refractivity contribution in [2.75, 3.05) is 17.7 Å². The molecule has 0 heterocycles. The van der Waals surface area contributed by atoms with Crippen LogP contribution in [0.4, 0.5) is 37.7 Å². The fourth-order valence-corrected chi connectivity index (χ4v) is 4.74. The van der Waals surface area contributed by atoms with E-state index in [1.165, 1.54) is 24.3 Å². The van der Waals surface area contributed by atoms with E-state index in [1.54, 1.807) is 19.2 Å². The summed E-state index contributed by atoms with van der Waals surface area (Å²) in [6, 6.07) is 14.7. The number of hydrogen-bond acceptors (Lipinski definition) is 5. The fraction of sp³-hybridized carbons (Fsp3) is 0.161. The molecule has 4 N–H and O–H groups in total. The molecule has 0 aromatic heterocycles.